The number of carbonyl (C=O) groups is 2. The number of hydrogen-bond donors (Lipinski definition) is 0. The van der Waals surface area contributed by atoms with Crippen LogP contribution in [0.5, 0.6) is 0 Å². The maximum atomic E-state index is 12.8. The van der Waals surface area contributed by atoms with Gasteiger partial charge in [-0.2, -0.15) is 0 Å². The average molecular weight is 316 g/mol. The molecular weight excluding hydrogens is 292 g/mol. The van der Waals surface area contributed by atoms with Gasteiger partial charge in [0.05, 0.1) is 12.6 Å². The highest BCUT2D eigenvalue weighted by atomic mass is 16.5. The van der Waals surface area contributed by atoms with E-state index in [9.17, 15) is 9.59 Å². The molecule has 0 N–H and O–H groups in total. The highest BCUT2D eigenvalue weighted by molar-refractivity contribution is 5.87. The molecule has 0 aromatic heterocycles. The maximum Gasteiger partial charge on any atom is 0.226 e. The van der Waals surface area contributed by atoms with Gasteiger partial charge < -0.3 is 14.5 Å². The molecule has 1 aromatic carbocycles. The maximum absolute atomic E-state index is 12.8. The Bertz CT molecular complexity index is 575. The monoisotopic (exact) mass is 316 g/mol. The van der Waals surface area contributed by atoms with Crippen LogP contribution in [-0.4, -0.2) is 54.4 Å². The van der Waals surface area contributed by atoms with Gasteiger partial charge in [-0.3, -0.25) is 9.59 Å². The van der Waals surface area contributed by atoms with Crippen molar-refractivity contribution < 1.29 is 14.3 Å². The standard InChI is InChI=1S/C18H24N2O3/c1-13-11-20(12-16(23-13)14-6-4-3-5-7-14)18(22)15-8-9-19(2)17(21)10-15/h3-7,13,15-16H,8-12H2,1-2H3/t13-,15+,16+/m1/s1. The van der Waals surface area contributed by atoms with Crippen LogP contribution in [0.3, 0.4) is 0 Å². The lowest BCUT2D eigenvalue weighted by atomic mass is 9.94. The summed E-state index contributed by atoms with van der Waals surface area (Å²) in [6.07, 6.45) is 0.991. The van der Waals surface area contributed by atoms with Crippen molar-refractivity contribution in [3.05, 3.63) is 35.9 Å². The van der Waals surface area contributed by atoms with Gasteiger partial charge in [-0.25, -0.2) is 0 Å². The number of rotatable bonds is 2. The Morgan fingerprint density at radius 3 is 2.65 bits per heavy atom. The van der Waals surface area contributed by atoms with E-state index in [1.165, 1.54) is 0 Å². The zero-order chi connectivity index (χ0) is 16.4. The summed E-state index contributed by atoms with van der Waals surface area (Å²) in [7, 11) is 1.80. The summed E-state index contributed by atoms with van der Waals surface area (Å²) >= 11 is 0. The van der Waals surface area contributed by atoms with Crippen LogP contribution in [0.1, 0.15) is 31.4 Å². The van der Waals surface area contributed by atoms with E-state index in [0.29, 0.717) is 26.1 Å². The van der Waals surface area contributed by atoms with Crippen molar-refractivity contribution in [2.24, 2.45) is 5.92 Å². The van der Waals surface area contributed by atoms with Crippen molar-refractivity contribution in [1.82, 2.24) is 9.80 Å². The van der Waals surface area contributed by atoms with E-state index in [1.54, 1.807) is 11.9 Å². The quantitative estimate of drug-likeness (QED) is 0.836. The lowest BCUT2D eigenvalue weighted by Crippen LogP contribution is -2.50. The van der Waals surface area contributed by atoms with Crippen molar-refractivity contribution in [2.75, 3.05) is 26.7 Å². The second kappa shape index (κ2) is 6.71. The lowest BCUT2D eigenvalue weighted by molar-refractivity contribution is -0.153. The summed E-state index contributed by atoms with van der Waals surface area (Å²) in [5.74, 6) is -0.0153. The Kier molecular flexibility index (Phi) is 4.66. The van der Waals surface area contributed by atoms with Gasteiger partial charge in [0, 0.05) is 32.5 Å². The number of amides is 2. The van der Waals surface area contributed by atoms with Crippen LogP contribution < -0.4 is 0 Å². The third kappa shape index (κ3) is 3.55. The predicted octanol–water partition coefficient (Wildman–Crippen LogP) is 1.84. The molecule has 0 saturated carbocycles. The van der Waals surface area contributed by atoms with Gasteiger partial charge in [-0.05, 0) is 18.9 Å². The van der Waals surface area contributed by atoms with Crippen LogP contribution >= 0.6 is 0 Å². The average Bonchev–Trinajstić information content (AvgIpc) is 2.57. The first-order valence-corrected chi connectivity index (χ1v) is 8.27. The molecule has 0 aliphatic carbocycles. The van der Waals surface area contributed by atoms with Crippen LogP contribution in [0.2, 0.25) is 0 Å². The molecule has 0 bridgehead atoms. The normalized spacial score (nSPS) is 28.8. The molecule has 0 radical (unpaired) electrons. The zero-order valence-corrected chi connectivity index (χ0v) is 13.8. The number of morpholine rings is 1. The van der Waals surface area contributed by atoms with Gasteiger partial charge in [-0.1, -0.05) is 30.3 Å². The smallest absolute Gasteiger partial charge is 0.226 e. The molecule has 3 rings (SSSR count). The molecule has 2 heterocycles. The van der Waals surface area contributed by atoms with Gasteiger partial charge in [0.2, 0.25) is 11.8 Å². The highest BCUT2D eigenvalue weighted by Crippen LogP contribution is 2.28. The molecule has 5 nitrogen and oxygen atoms in total. The lowest BCUT2D eigenvalue weighted by Gasteiger charge is -2.39. The van der Waals surface area contributed by atoms with E-state index in [4.69, 9.17) is 4.74 Å². The van der Waals surface area contributed by atoms with Crippen LogP contribution in [0.4, 0.5) is 0 Å². The van der Waals surface area contributed by atoms with Crippen molar-refractivity contribution in [1.29, 1.82) is 0 Å². The first-order valence-electron chi connectivity index (χ1n) is 8.27. The van der Waals surface area contributed by atoms with Crippen molar-refractivity contribution in [3.8, 4) is 0 Å². The van der Waals surface area contributed by atoms with Gasteiger partial charge in [0.15, 0.2) is 0 Å². The number of likely N-dealkylation sites (tertiary alicyclic amines) is 1. The van der Waals surface area contributed by atoms with E-state index in [1.807, 2.05) is 42.2 Å². The first-order chi connectivity index (χ1) is 11.0. The molecule has 124 valence electrons. The first kappa shape index (κ1) is 16.0. The molecule has 2 fully saturated rings. The Morgan fingerprint density at radius 1 is 1.22 bits per heavy atom. The fourth-order valence-electron chi connectivity index (χ4n) is 3.40. The number of carbonyl (C=O) groups excluding carboxylic acids is 2. The number of nitrogens with zero attached hydrogens (tertiary/aromatic N) is 2. The summed E-state index contributed by atoms with van der Waals surface area (Å²) in [4.78, 5) is 28.3. The van der Waals surface area contributed by atoms with Crippen molar-refractivity contribution >= 4 is 11.8 Å². The molecule has 2 aliphatic rings. The molecule has 2 aliphatic heterocycles. The number of piperidine rings is 1. The summed E-state index contributed by atoms with van der Waals surface area (Å²) in [6.45, 7) is 3.82. The van der Waals surface area contributed by atoms with Gasteiger partial charge >= 0.3 is 0 Å². The topological polar surface area (TPSA) is 49.9 Å². The molecule has 5 heteroatoms. The van der Waals surface area contributed by atoms with E-state index in [-0.39, 0.29) is 29.9 Å². The fraction of sp³-hybridized carbons (Fsp3) is 0.556. The second-order valence-corrected chi connectivity index (χ2v) is 6.59. The second-order valence-electron chi connectivity index (χ2n) is 6.59. The SMILES string of the molecule is C[C@@H]1CN(C(=O)[C@H]2CCN(C)C(=O)C2)C[C@@H](c2ccccc2)O1. The van der Waals surface area contributed by atoms with E-state index in [0.717, 1.165) is 12.0 Å². The summed E-state index contributed by atoms with van der Waals surface area (Å²) < 4.78 is 6.01. The fourth-order valence-corrected chi connectivity index (χ4v) is 3.40. The predicted molar refractivity (Wildman–Crippen MR) is 86.7 cm³/mol. The summed E-state index contributed by atoms with van der Waals surface area (Å²) in [5.41, 5.74) is 1.09. The molecule has 2 saturated heterocycles. The van der Waals surface area contributed by atoms with E-state index >= 15 is 0 Å². The van der Waals surface area contributed by atoms with E-state index in [2.05, 4.69) is 0 Å². The molecule has 1 aromatic rings. The largest absolute Gasteiger partial charge is 0.367 e. The van der Waals surface area contributed by atoms with Crippen molar-refractivity contribution in [2.45, 2.75) is 32.0 Å². The van der Waals surface area contributed by atoms with E-state index < -0.39 is 0 Å². The van der Waals surface area contributed by atoms with Gasteiger partial charge in [0.1, 0.15) is 6.10 Å². The molecular formula is C18H24N2O3. The third-order valence-corrected chi connectivity index (χ3v) is 4.75. The molecule has 23 heavy (non-hydrogen) atoms. The van der Waals surface area contributed by atoms with Gasteiger partial charge in [0.25, 0.3) is 0 Å². The highest BCUT2D eigenvalue weighted by Gasteiger charge is 2.35. The van der Waals surface area contributed by atoms with Crippen LogP contribution in [-0.2, 0) is 14.3 Å². The zero-order valence-electron chi connectivity index (χ0n) is 13.8. The Morgan fingerprint density at radius 2 is 1.96 bits per heavy atom. The minimum absolute atomic E-state index is 0.000119. The summed E-state index contributed by atoms with van der Waals surface area (Å²) in [6, 6.07) is 10.0. The minimum Gasteiger partial charge on any atom is -0.367 e. The Labute approximate surface area is 137 Å². The minimum atomic E-state index is -0.180. The number of benzene rings is 1. The number of ether oxygens (including phenoxy) is 1. The molecule has 0 spiro atoms. The third-order valence-electron chi connectivity index (χ3n) is 4.75. The molecule has 0 unspecified atom stereocenters. The summed E-state index contributed by atoms with van der Waals surface area (Å²) in [5, 5.41) is 0. The Hall–Kier alpha value is -1.88. The van der Waals surface area contributed by atoms with Crippen LogP contribution in [0, 0.1) is 5.92 Å². The van der Waals surface area contributed by atoms with Crippen molar-refractivity contribution in [3.63, 3.8) is 0 Å². The van der Waals surface area contributed by atoms with Crippen LogP contribution in [0.15, 0.2) is 30.3 Å². The molecule has 2 amide bonds. The molecule has 3 atom stereocenters. The Balaban J connectivity index is 1.69. The van der Waals surface area contributed by atoms with Crippen LogP contribution in [0.25, 0.3) is 0 Å². The number of hydrogen-bond acceptors (Lipinski definition) is 3. The van der Waals surface area contributed by atoms with Gasteiger partial charge in [-0.15, -0.1) is 0 Å².